The van der Waals surface area contributed by atoms with Crippen LogP contribution in [0.3, 0.4) is 0 Å². The van der Waals surface area contributed by atoms with Crippen LogP contribution in [0.1, 0.15) is 48.2 Å². The fourth-order valence-corrected chi connectivity index (χ4v) is 6.23. The molecule has 2 heterocycles. The predicted octanol–water partition coefficient (Wildman–Crippen LogP) is 10.4. The van der Waals surface area contributed by atoms with Gasteiger partial charge in [0.15, 0.2) is 5.43 Å². The van der Waals surface area contributed by atoms with Gasteiger partial charge in [-0.05, 0) is 76.3 Å². The Hall–Kier alpha value is -5.38. The van der Waals surface area contributed by atoms with Crippen LogP contribution >= 0.6 is 39.1 Å². The van der Waals surface area contributed by atoms with Gasteiger partial charge in [-0.15, -0.1) is 0 Å². The first-order valence-corrected chi connectivity index (χ1v) is 16.9. The SMILES string of the molecule is C.C.Cc1cccc(-c2cc(=O)c(Br)cn2Cc2cccc(C#N)c2)c1Cl.Cc1cccc(-c2cc(=O)c(N)cn2Cc2cccc(C#N)c2)c1Cl. The highest BCUT2D eigenvalue weighted by atomic mass is 79.9. The fourth-order valence-electron chi connectivity index (χ4n) is 5.43. The molecule has 2 aromatic heterocycles. The summed E-state index contributed by atoms with van der Waals surface area (Å²) in [6, 6.07) is 33.6. The van der Waals surface area contributed by atoms with Crippen molar-refractivity contribution in [2.45, 2.75) is 41.8 Å². The Morgan fingerprint density at radius 3 is 1.54 bits per heavy atom. The maximum Gasteiger partial charge on any atom is 0.205 e. The van der Waals surface area contributed by atoms with Gasteiger partial charge in [0.05, 0.1) is 54.9 Å². The third kappa shape index (κ3) is 9.48. The molecule has 0 fully saturated rings. The normalized spacial score (nSPS) is 10.1. The second kappa shape index (κ2) is 18.2. The van der Waals surface area contributed by atoms with E-state index >= 15 is 0 Å². The molecule has 7 nitrogen and oxygen atoms in total. The number of pyridine rings is 2. The minimum atomic E-state index is -0.241. The maximum absolute atomic E-state index is 12.2. The molecule has 6 rings (SSSR count). The lowest BCUT2D eigenvalue weighted by molar-refractivity contribution is 0.794. The van der Waals surface area contributed by atoms with Crippen LogP contribution < -0.4 is 16.6 Å². The summed E-state index contributed by atoms with van der Waals surface area (Å²) in [5.41, 5.74) is 13.6. The summed E-state index contributed by atoms with van der Waals surface area (Å²) in [5.74, 6) is 0. The van der Waals surface area contributed by atoms with E-state index in [1.54, 1.807) is 30.6 Å². The van der Waals surface area contributed by atoms with Gasteiger partial charge in [-0.2, -0.15) is 10.5 Å². The van der Waals surface area contributed by atoms with Crippen molar-refractivity contribution >= 4 is 44.8 Å². The number of halogens is 3. The summed E-state index contributed by atoms with van der Waals surface area (Å²) in [5, 5.41) is 19.4. The first-order chi connectivity index (χ1) is 24.0. The Morgan fingerprint density at radius 2 is 1.08 bits per heavy atom. The average Bonchev–Trinajstić information content (AvgIpc) is 3.11. The smallest absolute Gasteiger partial charge is 0.205 e. The molecular formula is C42H38BrCl2N5O2. The van der Waals surface area contributed by atoms with Gasteiger partial charge in [0.25, 0.3) is 0 Å². The topological polar surface area (TPSA) is 118 Å². The van der Waals surface area contributed by atoms with E-state index in [1.165, 1.54) is 6.07 Å². The van der Waals surface area contributed by atoms with Gasteiger partial charge >= 0.3 is 0 Å². The molecular weight excluding hydrogens is 757 g/mol. The highest BCUT2D eigenvalue weighted by Gasteiger charge is 2.14. The van der Waals surface area contributed by atoms with Crippen molar-refractivity contribution in [2.24, 2.45) is 0 Å². The van der Waals surface area contributed by atoms with Crippen molar-refractivity contribution in [1.82, 2.24) is 9.13 Å². The first kappa shape index (κ1) is 41.0. The monoisotopic (exact) mass is 793 g/mol. The lowest BCUT2D eigenvalue weighted by atomic mass is 10.1. The zero-order valence-electron chi connectivity index (χ0n) is 27.1. The van der Waals surface area contributed by atoms with Gasteiger partial charge in [0, 0.05) is 48.7 Å². The molecule has 0 amide bonds. The summed E-state index contributed by atoms with van der Waals surface area (Å²) in [7, 11) is 0. The van der Waals surface area contributed by atoms with Crippen LogP contribution in [0.4, 0.5) is 5.69 Å². The van der Waals surface area contributed by atoms with Crippen LogP contribution in [0.25, 0.3) is 22.5 Å². The van der Waals surface area contributed by atoms with E-state index in [1.807, 2.05) is 95.8 Å². The zero-order valence-corrected chi connectivity index (χ0v) is 30.2. The number of nitrogens with zero attached hydrogens (tertiary/aromatic N) is 4. The third-order valence-corrected chi connectivity index (χ3v) is 9.59. The standard InChI is InChI=1S/C20H14BrClN2O.C20H16ClN3O.2CH4/c1-13-4-2-7-16(20(13)22)18-9-19(25)17(21)12-24(18)11-15-6-3-5-14(8-15)10-23;1-13-4-2-7-16(20(13)21)18-9-19(25)17(23)12-24(18)11-15-6-3-5-14(8-15)10-22;;/h2-9,12H,11H2,1H3;2-9,12H,11,23H2,1H3;2*1H4. The summed E-state index contributed by atoms with van der Waals surface area (Å²) in [6.07, 6.45) is 3.38. The van der Waals surface area contributed by atoms with Crippen molar-refractivity contribution < 1.29 is 0 Å². The second-order valence-electron chi connectivity index (χ2n) is 11.6. The van der Waals surface area contributed by atoms with E-state index in [2.05, 4.69) is 28.1 Å². The molecule has 0 aliphatic heterocycles. The first-order valence-electron chi connectivity index (χ1n) is 15.4. The van der Waals surface area contributed by atoms with Crippen LogP contribution in [-0.4, -0.2) is 9.13 Å². The Morgan fingerprint density at radius 1 is 0.654 bits per heavy atom. The minimum absolute atomic E-state index is 0. The zero-order chi connectivity index (χ0) is 35.9. The molecule has 0 bridgehead atoms. The van der Waals surface area contributed by atoms with Crippen molar-refractivity contribution in [3.63, 3.8) is 0 Å². The Kier molecular flexibility index (Phi) is 14.4. The van der Waals surface area contributed by atoms with Gasteiger partial charge in [0.2, 0.25) is 5.43 Å². The molecule has 0 aliphatic rings. The minimum Gasteiger partial charge on any atom is -0.394 e. The van der Waals surface area contributed by atoms with Crippen LogP contribution in [-0.2, 0) is 13.1 Å². The second-order valence-corrected chi connectivity index (χ2v) is 13.2. The number of hydrogen-bond donors (Lipinski definition) is 1. The summed E-state index contributed by atoms with van der Waals surface area (Å²) in [4.78, 5) is 24.3. The molecule has 0 spiro atoms. The quantitative estimate of drug-likeness (QED) is 0.180. The molecule has 2 N–H and O–H groups in total. The van der Waals surface area contributed by atoms with E-state index in [-0.39, 0.29) is 31.4 Å². The van der Waals surface area contributed by atoms with Crippen molar-refractivity contribution in [3.8, 4) is 34.7 Å². The van der Waals surface area contributed by atoms with Gasteiger partial charge in [0.1, 0.15) is 0 Å². The third-order valence-electron chi connectivity index (χ3n) is 7.99. The van der Waals surface area contributed by atoms with Crippen LogP contribution in [0.15, 0.2) is 124 Å². The number of benzene rings is 4. The fraction of sp³-hybridized carbons (Fsp3) is 0.143. The number of anilines is 1. The number of aryl methyl sites for hydroxylation is 2. The highest BCUT2D eigenvalue weighted by Crippen LogP contribution is 2.32. The number of hydrogen-bond acceptors (Lipinski definition) is 5. The summed E-state index contributed by atoms with van der Waals surface area (Å²) < 4.78 is 4.33. The van der Waals surface area contributed by atoms with Gasteiger partial charge in [-0.1, -0.05) is 98.7 Å². The predicted molar refractivity (Wildman–Crippen MR) is 218 cm³/mol. The molecule has 0 aliphatic carbocycles. The molecule has 6 aromatic rings. The van der Waals surface area contributed by atoms with Crippen LogP contribution in [0, 0.1) is 36.5 Å². The maximum atomic E-state index is 12.2. The largest absolute Gasteiger partial charge is 0.394 e. The van der Waals surface area contributed by atoms with E-state index in [9.17, 15) is 9.59 Å². The molecule has 0 unspecified atom stereocenters. The number of nitrogens with two attached hydrogens (primary N) is 1. The van der Waals surface area contributed by atoms with Crippen LogP contribution in [0.5, 0.6) is 0 Å². The number of aromatic nitrogens is 2. The molecule has 0 radical (unpaired) electrons. The van der Waals surface area contributed by atoms with Crippen molar-refractivity contribution in [2.75, 3.05) is 5.73 Å². The van der Waals surface area contributed by atoms with E-state index in [0.717, 1.165) is 39.1 Å². The van der Waals surface area contributed by atoms with E-state index < -0.39 is 0 Å². The van der Waals surface area contributed by atoms with Crippen molar-refractivity contribution in [3.05, 3.63) is 178 Å². The molecule has 10 heteroatoms. The molecule has 0 atom stereocenters. The number of rotatable bonds is 6. The molecule has 0 saturated carbocycles. The Labute approximate surface area is 322 Å². The highest BCUT2D eigenvalue weighted by molar-refractivity contribution is 9.10. The summed E-state index contributed by atoms with van der Waals surface area (Å²) >= 11 is 16.2. The van der Waals surface area contributed by atoms with E-state index in [0.29, 0.717) is 44.4 Å². The van der Waals surface area contributed by atoms with Crippen molar-refractivity contribution in [1.29, 1.82) is 10.5 Å². The lowest BCUT2D eigenvalue weighted by Gasteiger charge is -2.16. The number of nitrogen functional groups attached to an aromatic ring is 1. The number of nitriles is 2. The average molecular weight is 796 g/mol. The van der Waals surface area contributed by atoms with E-state index in [4.69, 9.17) is 39.5 Å². The van der Waals surface area contributed by atoms with Gasteiger partial charge in [-0.3, -0.25) is 9.59 Å². The lowest BCUT2D eigenvalue weighted by Crippen LogP contribution is -2.14. The Bertz CT molecular complexity index is 2270. The molecule has 264 valence electrons. The molecule has 0 saturated heterocycles. The molecule has 4 aromatic carbocycles. The van der Waals surface area contributed by atoms with Gasteiger partial charge < -0.3 is 14.9 Å². The summed E-state index contributed by atoms with van der Waals surface area (Å²) in [6.45, 7) is 4.85. The molecule has 52 heavy (non-hydrogen) atoms. The van der Waals surface area contributed by atoms with Gasteiger partial charge in [-0.25, -0.2) is 0 Å². The Balaban J connectivity index is 0.000000270. The van der Waals surface area contributed by atoms with Crippen LogP contribution in [0.2, 0.25) is 10.0 Å².